The first-order valence-electron chi connectivity index (χ1n) is 5.52. The predicted molar refractivity (Wildman–Crippen MR) is 72.2 cm³/mol. The Hall–Kier alpha value is -0.810. The number of hydrogen-bond donors (Lipinski definition) is 1. The van der Waals surface area contributed by atoms with Crippen LogP contribution in [-0.2, 0) is 10.8 Å². The molecule has 0 radical (unpaired) electrons. The van der Waals surface area contributed by atoms with Crippen LogP contribution in [0.1, 0.15) is 15.9 Å². The number of carbonyl (C=O) groups excluding carboxylic acids is 1. The Bertz CT molecular complexity index is 464. The Balaban J connectivity index is 2.19. The zero-order chi connectivity index (χ0) is 12.4. The molecular formula is C12H15NO2S2. The second-order valence-electron chi connectivity index (χ2n) is 4.14. The summed E-state index contributed by atoms with van der Waals surface area (Å²) < 4.78 is 11.2. The first-order valence-corrected chi connectivity index (χ1v) is 7.45. The van der Waals surface area contributed by atoms with Crippen molar-refractivity contribution in [3.8, 4) is 0 Å². The van der Waals surface area contributed by atoms with Gasteiger partial charge in [-0.3, -0.25) is 9.00 Å². The molecule has 92 valence electrons. The molecule has 1 heterocycles. The predicted octanol–water partition coefficient (Wildman–Crippen LogP) is 1.49. The average molecular weight is 269 g/mol. The zero-order valence-corrected chi connectivity index (χ0v) is 11.4. The number of benzene rings is 1. The Morgan fingerprint density at radius 2 is 2.00 bits per heavy atom. The van der Waals surface area contributed by atoms with E-state index in [1.807, 2.05) is 19.1 Å². The number of nitrogens with zero attached hydrogens (tertiary/aromatic N) is 1. The average Bonchev–Trinajstić information content (AvgIpc) is 2.32. The summed E-state index contributed by atoms with van der Waals surface area (Å²) in [6.07, 6.45) is 0. The molecule has 0 atom stereocenters. The van der Waals surface area contributed by atoms with Crippen LogP contribution in [0.2, 0.25) is 0 Å². The van der Waals surface area contributed by atoms with Gasteiger partial charge in [0.05, 0.1) is 0 Å². The molecule has 1 aromatic carbocycles. The number of thiol groups is 1. The summed E-state index contributed by atoms with van der Waals surface area (Å²) in [5, 5.41) is 0. The summed E-state index contributed by atoms with van der Waals surface area (Å²) in [6.45, 7) is 3.09. The Labute approximate surface area is 109 Å². The minimum atomic E-state index is -0.753. The van der Waals surface area contributed by atoms with E-state index in [0.29, 0.717) is 30.2 Å². The van der Waals surface area contributed by atoms with Gasteiger partial charge in [0.1, 0.15) is 0 Å². The molecule has 1 aliphatic rings. The topological polar surface area (TPSA) is 37.4 Å². The second-order valence-corrected chi connectivity index (χ2v) is 6.35. The molecule has 2 rings (SSSR count). The van der Waals surface area contributed by atoms with Gasteiger partial charge in [0.2, 0.25) is 0 Å². The monoisotopic (exact) mass is 269 g/mol. The number of hydrogen-bond acceptors (Lipinski definition) is 3. The molecule has 0 saturated carbocycles. The Morgan fingerprint density at radius 3 is 2.65 bits per heavy atom. The molecule has 1 aliphatic heterocycles. The molecule has 1 fully saturated rings. The van der Waals surface area contributed by atoms with Crippen molar-refractivity contribution in [2.24, 2.45) is 0 Å². The van der Waals surface area contributed by atoms with Gasteiger partial charge >= 0.3 is 0 Å². The van der Waals surface area contributed by atoms with Crippen molar-refractivity contribution in [2.75, 3.05) is 24.6 Å². The molecular weight excluding hydrogens is 254 g/mol. The van der Waals surface area contributed by atoms with Crippen LogP contribution in [0, 0.1) is 6.92 Å². The van der Waals surface area contributed by atoms with Crippen LogP contribution < -0.4 is 0 Å². The Morgan fingerprint density at radius 1 is 1.35 bits per heavy atom. The lowest BCUT2D eigenvalue weighted by Gasteiger charge is -2.27. The highest BCUT2D eigenvalue weighted by molar-refractivity contribution is 7.85. The van der Waals surface area contributed by atoms with E-state index in [1.54, 1.807) is 11.0 Å². The van der Waals surface area contributed by atoms with Crippen molar-refractivity contribution in [2.45, 2.75) is 11.8 Å². The van der Waals surface area contributed by atoms with E-state index in [2.05, 4.69) is 12.6 Å². The van der Waals surface area contributed by atoms with Crippen molar-refractivity contribution in [1.29, 1.82) is 0 Å². The maximum absolute atomic E-state index is 12.3. The minimum Gasteiger partial charge on any atom is -0.337 e. The maximum atomic E-state index is 12.3. The molecule has 5 heteroatoms. The molecule has 1 aromatic rings. The third-order valence-electron chi connectivity index (χ3n) is 2.92. The Kier molecular flexibility index (Phi) is 3.89. The second kappa shape index (κ2) is 5.23. The van der Waals surface area contributed by atoms with Crippen LogP contribution in [0.25, 0.3) is 0 Å². The fourth-order valence-corrected chi connectivity index (χ4v) is 3.11. The van der Waals surface area contributed by atoms with Gasteiger partial charge in [-0.15, -0.1) is 12.6 Å². The number of rotatable bonds is 1. The normalized spacial score (nSPS) is 17.2. The summed E-state index contributed by atoms with van der Waals surface area (Å²) in [5.74, 6) is 1.20. The van der Waals surface area contributed by atoms with E-state index >= 15 is 0 Å². The van der Waals surface area contributed by atoms with E-state index < -0.39 is 10.8 Å². The molecule has 0 aromatic heterocycles. The lowest BCUT2D eigenvalue weighted by atomic mass is 10.1. The van der Waals surface area contributed by atoms with Gasteiger partial charge < -0.3 is 4.90 Å². The number of carbonyl (C=O) groups is 1. The fourth-order valence-electron chi connectivity index (χ4n) is 1.85. The van der Waals surface area contributed by atoms with E-state index in [0.717, 1.165) is 10.5 Å². The van der Waals surface area contributed by atoms with E-state index in [9.17, 15) is 9.00 Å². The van der Waals surface area contributed by atoms with Gasteiger partial charge in [0.15, 0.2) is 0 Å². The quantitative estimate of drug-likeness (QED) is 0.784. The highest BCUT2D eigenvalue weighted by Crippen LogP contribution is 2.17. The van der Waals surface area contributed by atoms with Crippen LogP contribution in [0.4, 0.5) is 0 Å². The van der Waals surface area contributed by atoms with Gasteiger partial charge in [-0.05, 0) is 24.6 Å². The van der Waals surface area contributed by atoms with E-state index in [1.165, 1.54) is 0 Å². The molecule has 1 amide bonds. The van der Waals surface area contributed by atoms with E-state index in [4.69, 9.17) is 0 Å². The smallest absolute Gasteiger partial charge is 0.254 e. The maximum Gasteiger partial charge on any atom is 0.254 e. The summed E-state index contributed by atoms with van der Waals surface area (Å²) in [5.41, 5.74) is 1.66. The lowest BCUT2D eigenvalue weighted by molar-refractivity contribution is 0.0770. The van der Waals surface area contributed by atoms with Crippen LogP contribution in [0.5, 0.6) is 0 Å². The minimum absolute atomic E-state index is 0.0232. The van der Waals surface area contributed by atoms with Crippen LogP contribution in [-0.4, -0.2) is 39.6 Å². The summed E-state index contributed by atoms with van der Waals surface area (Å²) >= 11 is 4.25. The molecule has 0 N–H and O–H groups in total. The van der Waals surface area contributed by atoms with Gasteiger partial charge in [-0.1, -0.05) is 6.07 Å². The van der Waals surface area contributed by atoms with Crippen molar-refractivity contribution in [3.05, 3.63) is 29.3 Å². The first kappa shape index (κ1) is 12.6. The molecule has 1 saturated heterocycles. The molecule has 17 heavy (non-hydrogen) atoms. The standard InChI is InChI=1S/C12H15NO2S2/c1-9-2-3-10(16)8-11(9)12(14)13-4-6-17(15)7-5-13/h2-3,8,16H,4-7H2,1H3. The molecule has 3 nitrogen and oxygen atoms in total. The molecule has 0 aliphatic carbocycles. The number of aryl methyl sites for hydroxylation is 1. The van der Waals surface area contributed by atoms with Crippen LogP contribution in [0.3, 0.4) is 0 Å². The summed E-state index contributed by atoms with van der Waals surface area (Å²) in [6, 6.07) is 5.57. The van der Waals surface area contributed by atoms with Crippen molar-refractivity contribution in [1.82, 2.24) is 4.90 Å². The van der Waals surface area contributed by atoms with Gasteiger partial charge in [-0.25, -0.2) is 0 Å². The van der Waals surface area contributed by atoms with Crippen molar-refractivity contribution in [3.63, 3.8) is 0 Å². The van der Waals surface area contributed by atoms with Gasteiger partial charge in [0, 0.05) is 45.9 Å². The largest absolute Gasteiger partial charge is 0.337 e. The van der Waals surface area contributed by atoms with E-state index in [-0.39, 0.29) is 5.91 Å². The van der Waals surface area contributed by atoms with Crippen LogP contribution >= 0.6 is 12.6 Å². The van der Waals surface area contributed by atoms with Crippen LogP contribution in [0.15, 0.2) is 23.1 Å². The zero-order valence-electron chi connectivity index (χ0n) is 9.68. The molecule has 0 bridgehead atoms. The van der Waals surface area contributed by atoms with Crippen molar-refractivity contribution >= 4 is 29.3 Å². The lowest BCUT2D eigenvalue weighted by Crippen LogP contribution is -2.42. The fraction of sp³-hybridized carbons (Fsp3) is 0.417. The number of amides is 1. The third kappa shape index (κ3) is 2.90. The molecule has 0 spiro atoms. The highest BCUT2D eigenvalue weighted by atomic mass is 32.2. The summed E-state index contributed by atoms with van der Waals surface area (Å²) in [7, 11) is -0.753. The van der Waals surface area contributed by atoms with Gasteiger partial charge in [0.25, 0.3) is 5.91 Å². The van der Waals surface area contributed by atoms with Crippen molar-refractivity contribution < 1.29 is 9.00 Å². The summed E-state index contributed by atoms with van der Waals surface area (Å²) in [4.78, 5) is 14.8. The first-order chi connectivity index (χ1) is 8.08. The third-order valence-corrected chi connectivity index (χ3v) is 4.47. The molecule has 0 unspecified atom stereocenters. The highest BCUT2D eigenvalue weighted by Gasteiger charge is 2.22. The van der Waals surface area contributed by atoms with Gasteiger partial charge in [-0.2, -0.15) is 0 Å². The SMILES string of the molecule is Cc1ccc(S)cc1C(=O)N1CCS(=O)CC1.